The Balaban J connectivity index is 0.000000592. The number of benzene rings is 1. The van der Waals surface area contributed by atoms with Crippen LogP contribution >= 0.6 is 0 Å². The fourth-order valence-electron chi connectivity index (χ4n) is 2.98. The van der Waals surface area contributed by atoms with E-state index in [0.29, 0.717) is 31.0 Å². The second kappa shape index (κ2) is 12.3. The summed E-state index contributed by atoms with van der Waals surface area (Å²) in [7, 11) is 0. The highest BCUT2D eigenvalue weighted by Gasteiger charge is 2.38. The number of halogens is 3. The van der Waals surface area contributed by atoms with E-state index in [1.807, 2.05) is 41.0 Å². The standard InChI is InChI=1S/C19H29N3O2.C2HF3O2/c1-15(2)14-22(19(24)17-6-4-5-16(3)13-17)10-7-18(23)21-11-8-20-9-12-21;3-2(4,5)1(6)7/h4-6,13,15,20H,7-12,14H2,1-3H3;(H,6,7). The average Bonchev–Trinajstić information content (AvgIpc) is 2.70. The van der Waals surface area contributed by atoms with Crippen LogP contribution in [0.3, 0.4) is 0 Å². The van der Waals surface area contributed by atoms with Crippen LogP contribution in [0.15, 0.2) is 24.3 Å². The Kier molecular flexibility index (Phi) is 10.5. The molecule has 2 rings (SSSR count). The van der Waals surface area contributed by atoms with E-state index < -0.39 is 12.1 Å². The number of carbonyl (C=O) groups is 3. The molecule has 1 saturated heterocycles. The van der Waals surface area contributed by atoms with E-state index in [0.717, 1.165) is 31.7 Å². The molecule has 31 heavy (non-hydrogen) atoms. The summed E-state index contributed by atoms with van der Waals surface area (Å²) in [4.78, 5) is 37.8. The van der Waals surface area contributed by atoms with E-state index in [9.17, 15) is 22.8 Å². The number of nitrogens with zero attached hydrogens (tertiary/aromatic N) is 2. The van der Waals surface area contributed by atoms with Crippen molar-refractivity contribution in [2.75, 3.05) is 39.3 Å². The number of carbonyl (C=O) groups excluding carboxylic acids is 2. The number of carboxylic acids is 1. The number of carboxylic acid groups (broad SMARTS) is 1. The van der Waals surface area contributed by atoms with E-state index in [-0.39, 0.29) is 11.8 Å². The Labute approximate surface area is 180 Å². The lowest BCUT2D eigenvalue weighted by atomic mass is 10.1. The summed E-state index contributed by atoms with van der Waals surface area (Å²) in [5, 5.41) is 10.4. The number of hydrogen-bond acceptors (Lipinski definition) is 4. The Bertz CT molecular complexity index is 748. The lowest BCUT2D eigenvalue weighted by Crippen LogP contribution is -2.47. The molecule has 2 amide bonds. The van der Waals surface area contributed by atoms with Crippen molar-refractivity contribution in [3.63, 3.8) is 0 Å². The quantitative estimate of drug-likeness (QED) is 0.703. The van der Waals surface area contributed by atoms with Gasteiger partial charge in [-0.25, -0.2) is 4.79 Å². The number of nitrogens with one attached hydrogen (secondary N) is 1. The average molecular weight is 445 g/mol. The van der Waals surface area contributed by atoms with Crippen molar-refractivity contribution in [3.8, 4) is 0 Å². The van der Waals surface area contributed by atoms with Gasteiger partial charge in [0.25, 0.3) is 5.91 Å². The van der Waals surface area contributed by atoms with Gasteiger partial charge < -0.3 is 20.2 Å². The minimum Gasteiger partial charge on any atom is -0.475 e. The van der Waals surface area contributed by atoms with Gasteiger partial charge in [0.15, 0.2) is 0 Å². The number of aryl methyl sites for hydroxylation is 1. The number of hydrogen-bond donors (Lipinski definition) is 2. The summed E-state index contributed by atoms with van der Waals surface area (Å²) < 4.78 is 31.7. The zero-order valence-electron chi connectivity index (χ0n) is 18.0. The minimum atomic E-state index is -5.08. The predicted octanol–water partition coefficient (Wildman–Crippen LogP) is 2.55. The zero-order valence-corrected chi connectivity index (χ0v) is 18.0. The molecule has 7 nitrogen and oxygen atoms in total. The van der Waals surface area contributed by atoms with Gasteiger partial charge in [-0.05, 0) is 25.0 Å². The molecule has 1 aromatic carbocycles. The van der Waals surface area contributed by atoms with E-state index in [1.54, 1.807) is 0 Å². The molecule has 1 aromatic rings. The van der Waals surface area contributed by atoms with Crippen LogP contribution in [0, 0.1) is 12.8 Å². The molecule has 2 N–H and O–H groups in total. The van der Waals surface area contributed by atoms with Crippen LogP contribution < -0.4 is 5.32 Å². The highest BCUT2D eigenvalue weighted by molar-refractivity contribution is 5.94. The maximum Gasteiger partial charge on any atom is 0.490 e. The summed E-state index contributed by atoms with van der Waals surface area (Å²) in [6, 6.07) is 7.65. The highest BCUT2D eigenvalue weighted by atomic mass is 19.4. The second-order valence-corrected chi connectivity index (χ2v) is 7.70. The maximum atomic E-state index is 12.8. The number of piperazine rings is 1. The molecule has 174 valence electrons. The fraction of sp³-hybridized carbons (Fsp3) is 0.571. The molecular formula is C21H30F3N3O4. The Morgan fingerprint density at radius 2 is 1.77 bits per heavy atom. The van der Waals surface area contributed by atoms with Gasteiger partial charge in [0.05, 0.1) is 0 Å². The van der Waals surface area contributed by atoms with Gasteiger partial charge >= 0.3 is 12.1 Å². The first-order chi connectivity index (χ1) is 14.4. The predicted molar refractivity (Wildman–Crippen MR) is 110 cm³/mol. The van der Waals surface area contributed by atoms with Crippen LogP contribution in [0.25, 0.3) is 0 Å². The molecule has 10 heteroatoms. The van der Waals surface area contributed by atoms with E-state index in [2.05, 4.69) is 19.2 Å². The van der Waals surface area contributed by atoms with E-state index in [4.69, 9.17) is 9.90 Å². The van der Waals surface area contributed by atoms with Crippen molar-refractivity contribution >= 4 is 17.8 Å². The third-order valence-electron chi connectivity index (χ3n) is 4.45. The highest BCUT2D eigenvalue weighted by Crippen LogP contribution is 2.13. The number of aliphatic carboxylic acids is 1. The Morgan fingerprint density at radius 3 is 2.26 bits per heavy atom. The van der Waals surface area contributed by atoms with Gasteiger partial charge in [-0.2, -0.15) is 13.2 Å². The van der Waals surface area contributed by atoms with Gasteiger partial charge in [0.2, 0.25) is 5.91 Å². The molecule has 0 unspecified atom stereocenters. The van der Waals surface area contributed by atoms with Crippen molar-refractivity contribution in [2.24, 2.45) is 5.92 Å². The summed E-state index contributed by atoms with van der Waals surface area (Å²) in [6.07, 6.45) is -4.69. The molecule has 0 bridgehead atoms. The summed E-state index contributed by atoms with van der Waals surface area (Å²) in [5.41, 5.74) is 1.77. The van der Waals surface area contributed by atoms with Crippen LogP contribution in [0.5, 0.6) is 0 Å². The molecule has 1 aliphatic heterocycles. The first kappa shape index (κ1) is 26.4. The van der Waals surface area contributed by atoms with Crippen molar-refractivity contribution in [2.45, 2.75) is 33.4 Å². The van der Waals surface area contributed by atoms with E-state index >= 15 is 0 Å². The maximum absolute atomic E-state index is 12.8. The molecule has 0 atom stereocenters. The molecule has 0 spiro atoms. The molecule has 0 saturated carbocycles. The van der Waals surface area contributed by atoms with Crippen LogP contribution in [-0.2, 0) is 9.59 Å². The largest absolute Gasteiger partial charge is 0.490 e. The lowest BCUT2D eigenvalue weighted by molar-refractivity contribution is -0.192. The van der Waals surface area contributed by atoms with Crippen molar-refractivity contribution in [1.82, 2.24) is 15.1 Å². The Hall–Kier alpha value is -2.62. The van der Waals surface area contributed by atoms with E-state index in [1.165, 1.54) is 0 Å². The third kappa shape index (κ3) is 9.82. The number of amides is 2. The molecule has 1 fully saturated rings. The zero-order chi connectivity index (χ0) is 23.6. The SMILES string of the molecule is Cc1cccc(C(=O)N(CCC(=O)N2CCNCC2)CC(C)C)c1.O=C(O)C(F)(F)F. The van der Waals surface area contributed by atoms with Crippen LogP contribution in [0.2, 0.25) is 0 Å². The summed E-state index contributed by atoms with van der Waals surface area (Å²) >= 11 is 0. The van der Waals surface area contributed by atoms with Crippen LogP contribution in [0.4, 0.5) is 13.2 Å². The minimum absolute atomic E-state index is 0.0144. The number of rotatable bonds is 6. The first-order valence-corrected chi connectivity index (χ1v) is 10.1. The number of alkyl halides is 3. The Morgan fingerprint density at radius 1 is 1.19 bits per heavy atom. The third-order valence-corrected chi connectivity index (χ3v) is 4.45. The molecule has 1 heterocycles. The second-order valence-electron chi connectivity index (χ2n) is 7.70. The van der Waals surface area contributed by atoms with Crippen LogP contribution in [-0.4, -0.2) is 78.1 Å². The monoisotopic (exact) mass is 445 g/mol. The van der Waals surface area contributed by atoms with Crippen molar-refractivity contribution in [3.05, 3.63) is 35.4 Å². The fourth-order valence-corrected chi connectivity index (χ4v) is 2.98. The van der Waals surface area contributed by atoms with Crippen molar-refractivity contribution < 1.29 is 32.7 Å². The molecule has 0 radical (unpaired) electrons. The first-order valence-electron chi connectivity index (χ1n) is 10.1. The van der Waals surface area contributed by atoms with Gasteiger partial charge in [-0.1, -0.05) is 31.5 Å². The van der Waals surface area contributed by atoms with Crippen LogP contribution in [0.1, 0.15) is 36.2 Å². The molecular weight excluding hydrogens is 415 g/mol. The van der Waals surface area contributed by atoms with Gasteiger partial charge in [-0.15, -0.1) is 0 Å². The topological polar surface area (TPSA) is 90.0 Å². The smallest absolute Gasteiger partial charge is 0.475 e. The molecule has 1 aliphatic rings. The van der Waals surface area contributed by atoms with Gasteiger partial charge in [-0.3, -0.25) is 9.59 Å². The summed E-state index contributed by atoms with van der Waals surface area (Å²) in [5.74, 6) is -2.23. The molecule has 0 aromatic heterocycles. The lowest BCUT2D eigenvalue weighted by Gasteiger charge is -2.29. The molecule has 0 aliphatic carbocycles. The normalized spacial score (nSPS) is 14.0. The van der Waals surface area contributed by atoms with Gasteiger partial charge in [0.1, 0.15) is 0 Å². The summed E-state index contributed by atoms with van der Waals surface area (Å²) in [6.45, 7) is 10.5. The van der Waals surface area contributed by atoms with Crippen molar-refractivity contribution in [1.29, 1.82) is 0 Å². The van der Waals surface area contributed by atoms with Gasteiger partial charge in [0, 0.05) is 51.3 Å².